The number of hydrogen-bond donors (Lipinski definition) is 3. The number of rotatable bonds is 10. The van der Waals surface area contributed by atoms with Crippen LogP contribution in [0, 0.1) is 20.8 Å². The molecule has 0 saturated heterocycles. The molecule has 33 heavy (non-hydrogen) atoms. The number of amides is 2. The molecule has 0 aliphatic heterocycles. The molecule has 0 aliphatic rings. The summed E-state index contributed by atoms with van der Waals surface area (Å²) in [5.41, 5.74) is 4.19. The van der Waals surface area contributed by atoms with Crippen LogP contribution in [0.15, 0.2) is 35.2 Å². The van der Waals surface area contributed by atoms with E-state index in [0.717, 1.165) is 26.7 Å². The zero-order chi connectivity index (χ0) is 24.8. The van der Waals surface area contributed by atoms with Crippen molar-refractivity contribution >= 4 is 33.2 Å². The molecule has 0 radical (unpaired) electrons. The molecule has 3 N–H and O–H groups in total. The van der Waals surface area contributed by atoms with Crippen LogP contribution >= 0.6 is 0 Å². The number of benzene rings is 2. The molecule has 0 heterocycles. The van der Waals surface area contributed by atoms with Crippen molar-refractivity contribution in [1.29, 1.82) is 0 Å². The zero-order valence-electron chi connectivity index (χ0n) is 19.9. The largest absolute Gasteiger partial charge is 0.492 e. The molecule has 0 unspecified atom stereocenters. The van der Waals surface area contributed by atoms with E-state index in [9.17, 15) is 18.0 Å². The number of carbonyl (C=O) groups is 2. The Balaban J connectivity index is 1.97. The van der Waals surface area contributed by atoms with E-state index in [1.807, 2.05) is 32.9 Å². The highest BCUT2D eigenvalue weighted by molar-refractivity contribution is 7.89. The highest BCUT2D eigenvalue weighted by atomic mass is 32.2. The average Bonchev–Trinajstić information content (AvgIpc) is 2.74. The molecule has 0 spiro atoms. The summed E-state index contributed by atoms with van der Waals surface area (Å²) in [6.45, 7) is 7.58. The number of aryl methyl sites for hydroxylation is 3. The minimum absolute atomic E-state index is 0.00275. The molecule has 180 valence electrons. The molecule has 2 aromatic carbocycles. The van der Waals surface area contributed by atoms with Crippen LogP contribution in [0.4, 0.5) is 11.4 Å². The van der Waals surface area contributed by atoms with Crippen molar-refractivity contribution in [3.63, 3.8) is 0 Å². The number of nitrogens with one attached hydrogen (secondary N) is 3. The minimum Gasteiger partial charge on any atom is -0.492 e. The Kier molecular flexibility index (Phi) is 8.84. The molecular formula is C23H32N4O5S. The zero-order valence-corrected chi connectivity index (χ0v) is 20.7. The summed E-state index contributed by atoms with van der Waals surface area (Å²) < 4.78 is 31.7. The Morgan fingerprint density at radius 1 is 0.970 bits per heavy atom. The first-order valence-electron chi connectivity index (χ1n) is 10.5. The van der Waals surface area contributed by atoms with Gasteiger partial charge < -0.3 is 20.7 Å². The Hall–Kier alpha value is -3.11. The third kappa shape index (κ3) is 6.93. The van der Waals surface area contributed by atoms with Gasteiger partial charge in [0.1, 0.15) is 10.6 Å². The topological polar surface area (TPSA) is 117 Å². The van der Waals surface area contributed by atoms with Crippen LogP contribution in [0.2, 0.25) is 0 Å². The van der Waals surface area contributed by atoms with Gasteiger partial charge in [0, 0.05) is 25.5 Å². The van der Waals surface area contributed by atoms with Crippen LogP contribution in [0.1, 0.15) is 23.6 Å². The summed E-state index contributed by atoms with van der Waals surface area (Å²) in [4.78, 5) is 24.5. The lowest BCUT2D eigenvalue weighted by Crippen LogP contribution is -2.36. The van der Waals surface area contributed by atoms with Gasteiger partial charge in [-0.25, -0.2) is 12.7 Å². The molecule has 0 fully saturated rings. The fraction of sp³-hybridized carbons (Fsp3) is 0.391. The van der Waals surface area contributed by atoms with Crippen molar-refractivity contribution in [1.82, 2.24) is 9.62 Å². The van der Waals surface area contributed by atoms with E-state index >= 15 is 0 Å². The van der Waals surface area contributed by atoms with Gasteiger partial charge in [0.15, 0.2) is 0 Å². The van der Waals surface area contributed by atoms with Crippen molar-refractivity contribution in [3.05, 3.63) is 47.0 Å². The SMILES string of the molecule is CCOc1ccc(NCC(=O)NCC(=O)Nc2c(C)cc(C)cc2C)cc1S(=O)(=O)N(C)C. The Labute approximate surface area is 195 Å². The lowest BCUT2D eigenvalue weighted by molar-refractivity contribution is -0.122. The van der Waals surface area contributed by atoms with Gasteiger partial charge in [0.25, 0.3) is 0 Å². The number of anilines is 2. The van der Waals surface area contributed by atoms with Crippen LogP contribution in [0.25, 0.3) is 0 Å². The molecule has 0 atom stereocenters. The van der Waals surface area contributed by atoms with E-state index in [0.29, 0.717) is 12.3 Å². The van der Waals surface area contributed by atoms with Gasteiger partial charge in [0.2, 0.25) is 21.8 Å². The van der Waals surface area contributed by atoms with E-state index < -0.39 is 15.9 Å². The number of nitrogens with zero attached hydrogens (tertiary/aromatic N) is 1. The van der Waals surface area contributed by atoms with Crippen molar-refractivity contribution in [2.75, 3.05) is 44.4 Å². The van der Waals surface area contributed by atoms with E-state index in [2.05, 4.69) is 16.0 Å². The van der Waals surface area contributed by atoms with Gasteiger partial charge in [0.05, 0.1) is 19.7 Å². The monoisotopic (exact) mass is 476 g/mol. The summed E-state index contributed by atoms with van der Waals surface area (Å²) in [6.07, 6.45) is 0. The standard InChI is InChI=1S/C23H32N4O5S/c1-7-32-19-9-8-18(12-20(19)33(30,31)27(5)6)24-13-21(28)25-14-22(29)26-23-16(3)10-15(2)11-17(23)4/h8-12,24H,7,13-14H2,1-6H3,(H,25,28)(H,26,29). The van der Waals surface area contributed by atoms with Gasteiger partial charge in [-0.05, 0) is 57.0 Å². The van der Waals surface area contributed by atoms with Gasteiger partial charge in [-0.2, -0.15) is 0 Å². The number of carbonyl (C=O) groups excluding carboxylic acids is 2. The van der Waals surface area contributed by atoms with E-state index in [1.54, 1.807) is 19.1 Å². The number of hydrogen-bond acceptors (Lipinski definition) is 6. The van der Waals surface area contributed by atoms with Gasteiger partial charge >= 0.3 is 0 Å². The van der Waals surface area contributed by atoms with Gasteiger partial charge in [-0.3, -0.25) is 9.59 Å². The molecule has 2 amide bonds. The third-order valence-corrected chi connectivity index (χ3v) is 6.68. The van der Waals surface area contributed by atoms with Gasteiger partial charge in [-0.15, -0.1) is 0 Å². The summed E-state index contributed by atoms with van der Waals surface area (Å²) in [5.74, 6) is -0.508. The Morgan fingerprint density at radius 2 is 1.61 bits per heavy atom. The highest BCUT2D eigenvalue weighted by Crippen LogP contribution is 2.29. The predicted molar refractivity (Wildman–Crippen MR) is 129 cm³/mol. The van der Waals surface area contributed by atoms with Gasteiger partial charge in [-0.1, -0.05) is 17.7 Å². The minimum atomic E-state index is -3.74. The maximum absolute atomic E-state index is 12.6. The van der Waals surface area contributed by atoms with Crippen molar-refractivity contribution in [2.45, 2.75) is 32.6 Å². The second kappa shape index (κ2) is 11.2. The molecule has 10 heteroatoms. The van der Waals surface area contributed by atoms with E-state index in [1.165, 1.54) is 20.2 Å². The van der Waals surface area contributed by atoms with Crippen molar-refractivity contribution < 1.29 is 22.7 Å². The second-order valence-electron chi connectivity index (χ2n) is 7.83. The molecule has 2 rings (SSSR count). The lowest BCUT2D eigenvalue weighted by atomic mass is 10.1. The molecule has 0 aromatic heterocycles. The maximum Gasteiger partial charge on any atom is 0.246 e. The van der Waals surface area contributed by atoms with Crippen LogP contribution in [-0.2, 0) is 19.6 Å². The fourth-order valence-electron chi connectivity index (χ4n) is 3.28. The maximum atomic E-state index is 12.6. The average molecular weight is 477 g/mol. The first-order valence-corrected chi connectivity index (χ1v) is 12.0. The summed E-state index contributed by atoms with van der Waals surface area (Å²) >= 11 is 0. The molecule has 0 saturated carbocycles. The third-order valence-electron chi connectivity index (χ3n) is 4.84. The molecule has 9 nitrogen and oxygen atoms in total. The first kappa shape index (κ1) is 26.1. The smallest absolute Gasteiger partial charge is 0.246 e. The van der Waals surface area contributed by atoms with Crippen LogP contribution in [0.3, 0.4) is 0 Å². The highest BCUT2D eigenvalue weighted by Gasteiger charge is 2.23. The van der Waals surface area contributed by atoms with Crippen molar-refractivity contribution in [2.24, 2.45) is 0 Å². The van der Waals surface area contributed by atoms with E-state index in [-0.39, 0.29) is 29.6 Å². The van der Waals surface area contributed by atoms with Crippen LogP contribution < -0.4 is 20.7 Å². The molecule has 2 aromatic rings. The quantitative estimate of drug-likeness (QED) is 0.485. The second-order valence-corrected chi connectivity index (χ2v) is 9.95. The molecule has 0 aliphatic carbocycles. The summed E-state index contributed by atoms with van der Waals surface area (Å²) in [6, 6.07) is 8.55. The van der Waals surface area contributed by atoms with Crippen molar-refractivity contribution in [3.8, 4) is 5.75 Å². The van der Waals surface area contributed by atoms with E-state index in [4.69, 9.17) is 4.74 Å². The lowest BCUT2D eigenvalue weighted by Gasteiger charge is -2.17. The first-order chi connectivity index (χ1) is 15.4. The normalized spacial score (nSPS) is 11.2. The summed E-state index contributed by atoms with van der Waals surface area (Å²) in [7, 11) is -0.869. The Morgan fingerprint density at radius 3 is 2.18 bits per heavy atom. The van der Waals surface area contributed by atoms with Crippen LogP contribution in [0.5, 0.6) is 5.75 Å². The number of ether oxygens (including phenoxy) is 1. The summed E-state index contributed by atoms with van der Waals surface area (Å²) in [5, 5.41) is 8.26. The van der Waals surface area contributed by atoms with Crippen LogP contribution in [-0.4, -0.2) is 58.3 Å². The number of sulfonamides is 1. The fourth-order valence-corrected chi connectivity index (χ4v) is 4.33. The predicted octanol–water partition coefficient (Wildman–Crippen LogP) is 2.43. The molecular weight excluding hydrogens is 444 g/mol. The molecule has 0 bridgehead atoms. The Bertz CT molecular complexity index is 1110.